The van der Waals surface area contributed by atoms with E-state index in [1.165, 1.54) is 4.68 Å². The third kappa shape index (κ3) is 3.61. The minimum Gasteiger partial charge on any atom is -0.380 e. The van der Waals surface area contributed by atoms with Crippen LogP contribution in [0.25, 0.3) is 0 Å². The third-order valence-electron chi connectivity index (χ3n) is 3.48. The van der Waals surface area contributed by atoms with E-state index in [0.29, 0.717) is 17.1 Å². The third-order valence-corrected chi connectivity index (χ3v) is 4.24. The quantitative estimate of drug-likeness (QED) is 0.913. The molecule has 0 aliphatic carbocycles. The van der Waals surface area contributed by atoms with Crippen LogP contribution in [-0.4, -0.2) is 28.0 Å². The zero-order chi connectivity index (χ0) is 14.8. The number of nitrogens with one attached hydrogen (secondary N) is 1. The van der Waals surface area contributed by atoms with Crippen LogP contribution in [0.5, 0.6) is 0 Å². The van der Waals surface area contributed by atoms with Gasteiger partial charge in [0.2, 0.25) is 0 Å². The lowest BCUT2D eigenvalue weighted by molar-refractivity contribution is -0.0553. The summed E-state index contributed by atoms with van der Waals surface area (Å²) in [7, 11) is 0. The van der Waals surface area contributed by atoms with E-state index < -0.39 is 0 Å². The molecule has 1 N–H and O–H groups in total. The molecule has 5 nitrogen and oxygen atoms in total. The first-order valence-electron chi connectivity index (χ1n) is 7.09. The second-order valence-electron chi connectivity index (χ2n) is 5.84. The molecule has 0 amide bonds. The van der Waals surface area contributed by atoms with Crippen LogP contribution in [0.4, 0.5) is 5.69 Å². The van der Waals surface area contributed by atoms with Gasteiger partial charge in [-0.2, -0.15) is 5.10 Å². The van der Waals surface area contributed by atoms with Crippen LogP contribution >= 0.6 is 15.9 Å². The van der Waals surface area contributed by atoms with Crippen molar-refractivity contribution in [2.45, 2.75) is 58.2 Å². The standard InChI is InChI=1S/C14H22BrN3O2/c1-4-6-18-13(19)12(15)11(9-16-18)17-10-5-7-20-14(2,3)8-10/h9-10,17H,4-8H2,1-3H3. The summed E-state index contributed by atoms with van der Waals surface area (Å²) in [5.74, 6) is 0. The smallest absolute Gasteiger partial charge is 0.283 e. The molecule has 2 heterocycles. The molecule has 6 heteroatoms. The van der Waals surface area contributed by atoms with E-state index in [4.69, 9.17) is 4.74 Å². The summed E-state index contributed by atoms with van der Waals surface area (Å²) in [5, 5.41) is 7.62. The Hall–Kier alpha value is -0.880. The van der Waals surface area contributed by atoms with E-state index in [1.54, 1.807) is 6.20 Å². The van der Waals surface area contributed by atoms with Crippen LogP contribution < -0.4 is 10.9 Å². The van der Waals surface area contributed by atoms with Gasteiger partial charge in [-0.15, -0.1) is 0 Å². The Morgan fingerprint density at radius 1 is 1.60 bits per heavy atom. The lowest BCUT2D eigenvalue weighted by Gasteiger charge is -2.36. The largest absolute Gasteiger partial charge is 0.380 e. The highest BCUT2D eigenvalue weighted by molar-refractivity contribution is 9.10. The van der Waals surface area contributed by atoms with Gasteiger partial charge in [0.25, 0.3) is 5.56 Å². The Kier molecular flexibility index (Phi) is 4.86. The van der Waals surface area contributed by atoms with Gasteiger partial charge in [0.05, 0.1) is 17.5 Å². The predicted octanol–water partition coefficient (Wildman–Crippen LogP) is 2.79. The molecule has 2 rings (SSSR count). The monoisotopic (exact) mass is 343 g/mol. The molecule has 0 saturated carbocycles. The van der Waals surface area contributed by atoms with Gasteiger partial charge >= 0.3 is 0 Å². The van der Waals surface area contributed by atoms with E-state index in [-0.39, 0.29) is 11.2 Å². The first-order valence-corrected chi connectivity index (χ1v) is 7.88. The molecule has 0 aromatic carbocycles. The van der Waals surface area contributed by atoms with Crippen LogP contribution in [0.1, 0.15) is 40.0 Å². The van der Waals surface area contributed by atoms with Crippen LogP contribution in [0, 0.1) is 0 Å². The summed E-state index contributed by atoms with van der Waals surface area (Å²) in [6.45, 7) is 7.59. The molecule has 1 aliphatic rings. The second kappa shape index (κ2) is 6.26. The molecule has 0 radical (unpaired) electrons. The van der Waals surface area contributed by atoms with Gasteiger partial charge in [0, 0.05) is 19.2 Å². The van der Waals surface area contributed by atoms with Crippen LogP contribution in [0.3, 0.4) is 0 Å². The van der Waals surface area contributed by atoms with Crippen LogP contribution in [0.2, 0.25) is 0 Å². The summed E-state index contributed by atoms with van der Waals surface area (Å²) in [5.41, 5.74) is 0.570. The maximum atomic E-state index is 12.1. The summed E-state index contributed by atoms with van der Waals surface area (Å²) in [4.78, 5) is 12.1. The molecule has 1 aromatic rings. The fourth-order valence-corrected chi connectivity index (χ4v) is 2.93. The van der Waals surface area contributed by atoms with Gasteiger partial charge < -0.3 is 10.1 Å². The van der Waals surface area contributed by atoms with Gasteiger partial charge in [0.1, 0.15) is 4.47 Å². The van der Waals surface area contributed by atoms with Crippen molar-refractivity contribution in [3.05, 3.63) is 21.0 Å². The average Bonchev–Trinajstić information content (AvgIpc) is 2.37. The normalized spacial score (nSPS) is 21.7. The highest BCUT2D eigenvalue weighted by Crippen LogP contribution is 2.27. The number of hydrogen-bond acceptors (Lipinski definition) is 4. The fraction of sp³-hybridized carbons (Fsp3) is 0.714. The van der Waals surface area contributed by atoms with Gasteiger partial charge in [0.15, 0.2) is 0 Å². The topological polar surface area (TPSA) is 56.1 Å². The SMILES string of the molecule is CCCn1ncc(NC2CCOC(C)(C)C2)c(Br)c1=O. The molecule has 112 valence electrons. The second-order valence-corrected chi connectivity index (χ2v) is 6.64. The van der Waals surface area contributed by atoms with Gasteiger partial charge in [-0.05, 0) is 49.0 Å². The zero-order valence-electron chi connectivity index (χ0n) is 12.3. The maximum Gasteiger partial charge on any atom is 0.283 e. The van der Waals surface area contributed by atoms with Crippen molar-refractivity contribution in [1.82, 2.24) is 9.78 Å². The lowest BCUT2D eigenvalue weighted by atomic mass is 9.94. The summed E-state index contributed by atoms with van der Waals surface area (Å²) >= 11 is 3.39. The zero-order valence-corrected chi connectivity index (χ0v) is 13.9. The number of aryl methyl sites for hydroxylation is 1. The van der Waals surface area contributed by atoms with E-state index in [9.17, 15) is 4.79 Å². The van der Waals surface area contributed by atoms with E-state index in [1.807, 2.05) is 6.92 Å². The molecule has 1 aromatic heterocycles. The van der Waals surface area contributed by atoms with Crippen molar-refractivity contribution < 1.29 is 4.74 Å². The van der Waals surface area contributed by atoms with Crippen molar-refractivity contribution in [2.75, 3.05) is 11.9 Å². The number of rotatable bonds is 4. The molecule has 20 heavy (non-hydrogen) atoms. The Morgan fingerprint density at radius 2 is 2.35 bits per heavy atom. The Balaban J connectivity index is 2.14. The number of halogens is 1. The number of aromatic nitrogens is 2. The molecule has 1 fully saturated rings. The van der Waals surface area contributed by atoms with Crippen LogP contribution in [0.15, 0.2) is 15.5 Å². The van der Waals surface area contributed by atoms with Gasteiger partial charge in [-0.3, -0.25) is 4.79 Å². The summed E-state index contributed by atoms with van der Waals surface area (Å²) < 4.78 is 7.75. The van der Waals surface area contributed by atoms with Crippen molar-refractivity contribution in [3.63, 3.8) is 0 Å². The lowest BCUT2D eigenvalue weighted by Crippen LogP contribution is -2.40. The number of hydrogen-bond donors (Lipinski definition) is 1. The first-order chi connectivity index (χ1) is 9.43. The summed E-state index contributed by atoms with van der Waals surface area (Å²) in [6, 6.07) is 0.304. The Bertz CT molecular complexity index is 528. The maximum absolute atomic E-state index is 12.1. The molecular weight excluding hydrogens is 322 g/mol. The van der Waals surface area contributed by atoms with Gasteiger partial charge in [-0.1, -0.05) is 6.92 Å². The molecule has 0 spiro atoms. The number of anilines is 1. The van der Waals surface area contributed by atoms with Crippen molar-refractivity contribution in [1.29, 1.82) is 0 Å². The van der Waals surface area contributed by atoms with E-state index >= 15 is 0 Å². The molecule has 1 saturated heterocycles. The average molecular weight is 344 g/mol. The van der Waals surface area contributed by atoms with Crippen molar-refractivity contribution in [3.8, 4) is 0 Å². The minimum absolute atomic E-state index is 0.0804. The molecule has 1 unspecified atom stereocenters. The highest BCUT2D eigenvalue weighted by atomic mass is 79.9. The fourth-order valence-electron chi connectivity index (χ4n) is 2.51. The van der Waals surface area contributed by atoms with Crippen molar-refractivity contribution in [2.24, 2.45) is 0 Å². The Labute approximate surface area is 127 Å². The first kappa shape index (κ1) is 15.5. The molecular formula is C14H22BrN3O2. The summed E-state index contributed by atoms with van der Waals surface area (Å²) in [6.07, 6.45) is 4.47. The predicted molar refractivity (Wildman–Crippen MR) is 83.2 cm³/mol. The van der Waals surface area contributed by atoms with Crippen LogP contribution in [-0.2, 0) is 11.3 Å². The van der Waals surface area contributed by atoms with Gasteiger partial charge in [-0.25, -0.2) is 4.68 Å². The Morgan fingerprint density at radius 3 is 3.00 bits per heavy atom. The van der Waals surface area contributed by atoms with Crippen molar-refractivity contribution >= 4 is 21.6 Å². The molecule has 1 atom stereocenters. The molecule has 1 aliphatic heterocycles. The highest BCUT2D eigenvalue weighted by Gasteiger charge is 2.29. The van der Waals surface area contributed by atoms with E-state index in [0.717, 1.165) is 31.6 Å². The molecule has 0 bridgehead atoms. The minimum atomic E-state index is -0.118. The van der Waals surface area contributed by atoms with E-state index in [2.05, 4.69) is 40.2 Å². The number of ether oxygens (including phenoxy) is 1. The number of nitrogens with zero attached hydrogens (tertiary/aromatic N) is 2.